The van der Waals surface area contributed by atoms with Crippen LogP contribution in [0, 0.1) is 0 Å². The molecular formula is C16H15NOS. The van der Waals surface area contributed by atoms with Crippen molar-refractivity contribution in [3.05, 3.63) is 70.8 Å². The Hall–Kier alpha value is -1.74. The molecule has 0 aromatic heterocycles. The molecule has 1 aliphatic carbocycles. The Labute approximate surface area is 117 Å². The minimum absolute atomic E-state index is 0.156. The van der Waals surface area contributed by atoms with Gasteiger partial charge >= 0.3 is 0 Å². The van der Waals surface area contributed by atoms with Gasteiger partial charge in [-0.2, -0.15) is 0 Å². The third-order valence-corrected chi connectivity index (χ3v) is 4.76. The monoisotopic (exact) mass is 269 g/mol. The predicted molar refractivity (Wildman–Crippen MR) is 79.8 cm³/mol. The number of allylic oxidation sites excluding steroid dienone is 3. The first-order valence-corrected chi connectivity index (χ1v) is 7.14. The Morgan fingerprint density at radius 2 is 2.11 bits per heavy atom. The lowest BCUT2D eigenvalue weighted by molar-refractivity contribution is 0.0944. The lowest BCUT2D eigenvalue weighted by Crippen LogP contribution is -2.32. The van der Waals surface area contributed by atoms with Crippen LogP contribution in [-0.2, 0) is 0 Å². The number of carbonyl (C=O) groups is 1. The van der Waals surface area contributed by atoms with Crippen LogP contribution in [0.5, 0.6) is 0 Å². The van der Waals surface area contributed by atoms with Gasteiger partial charge in [-0.1, -0.05) is 60.8 Å². The molecule has 1 aliphatic heterocycles. The van der Waals surface area contributed by atoms with Crippen LogP contribution in [0.3, 0.4) is 0 Å². The van der Waals surface area contributed by atoms with Crippen LogP contribution in [0.4, 0.5) is 0 Å². The number of hydrogen-bond donors (Lipinski definition) is 0. The fraction of sp³-hybridized carbons (Fsp3) is 0.188. The molecule has 19 heavy (non-hydrogen) atoms. The van der Waals surface area contributed by atoms with Crippen LogP contribution in [0.25, 0.3) is 0 Å². The second-order valence-electron chi connectivity index (χ2n) is 4.73. The number of thioether (sulfide) groups is 1. The third kappa shape index (κ3) is 2.04. The van der Waals surface area contributed by atoms with Gasteiger partial charge in [-0.3, -0.25) is 4.79 Å². The highest BCUT2D eigenvalue weighted by atomic mass is 32.2. The van der Waals surface area contributed by atoms with Crippen molar-refractivity contribution in [1.82, 2.24) is 4.90 Å². The number of rotatable bonds is 2. The van der Waals surface area contributed by atoms with E-state index in [4.69, 9.17) is 0 Å². The summed E-state index contributed by atoms with van der Waals surface area (Å²) in [6.07, 6.45) is 5.08. The number of hydrogen-bond acceptors (Lipinski definition) is 3. The first-order valence-electron chi connectivity index (χ1n) is 6.26. The van der Waals surface area contributed by atoms with Gasteiger partial charge in [-0.25, -0.2) is 0 Å². The maximum Gasteiger partial charge on any atom is 0.195 e. The molecule has 0 spiro atoms. The average Bonchev–Trinajstić information content (AvgIpc) is 2.78. The Bertz CT molecular complexity index is 600. The molecule has 1 heterocycles. The van der Waals surface area contributed by atoms with Crippen LogP contribution in [0.15, 0.2) is 65.2 Å². The molecule has 0 amide bonds. The SMILES string of the molecule is C=C1CC=CC2=C1N(C)C(C(=O)c1ccccc1)S2. The molecule has 3 rings (SSSR count). The number of carbonyl (C=O) groups excluding carboxylic acids is 1. The van der Waals surface area contributed by atoms with Crippen molar-refractivity contribution >= 4 is 17.5 Å². The van der Waals surface area contributed by atoms with Crippen molar-refractivity contribution in [3.8, 4) is 0 Å². The maximum atomic E-state index is 12.6. The minimum Gasteiger partial charge on any atom is -0.354 e. The van der Waals surface area contributed by atoms with E-state index >= 15 is 0 Å². The van der Waals surface area contributed by atoms with Crippen molar-refractivity contribution in [2.75, 3.05) is 7.05 Å². The summed E-state index contributed by atoms with van der Waals surface area (Å²) in [7, 11) is 1.98. The van der Waals surface area contributed by atoms with E-state index in [1.807, 2.05) is 37.4 Å². The lowest BCUT2D eigenvalue weighted by Gasteiger charge is -2.24. The molecule has 96 valence electrons. The summed E-state index contributed by atoms with van der Waals surface area (Å²) < 4.78 is 0. The fourth-order valence-corrected chi connectivity index (χ4v) is 3.79. The molecule has 0 N–H and O–H groups in total. The van der Waals surface area contributed by atoms with E-state index in [9.17, 15) is 4.79 Å². The zero-order valence-electron chi connectivity index (χ0n) is 10.8. The van der Waals surface area contributed by atoms with E-state index in [0.29, 0.717) is 0 Å². The van der Waals surface area contributed by atoms with Gasteiger partial charge in [-0.15, -0.1) is 0 Å². The van der Waals surface area contributed by atoms with Crippen molar-refractivity contribution < 1.29 is 4.79 Å². The largest absolute Gasteiger partial charge is 0.354 e. The van der Waals surface area contributed by atoms with E-state index in [1.165, 1.54) is 0 Å². The summed E-state index contributed by atoms with van der Waals surface area (Å²) in [4.78, 5) is 15.8. The van der Waals surface area contributed by atoms with Crippen molar-refractivity contribution in [1.29, 1.82) is 0 Å². The molecule has 1 atom stereocenters. The van der Waals surface area contributed by atoms with Gasteiger partial charge in [0.25, 0.3) is 0 Å². The summed E-state index contributed by atoms with van der Waals surface area (Å²) in [5.74, 6) is 0.156. The van der Waals surface area contributed by atoms with Crippen LogP contribution in [0.1, 0.15) is 16.8 Å². The van der Waals surface area contributed by atoms with Crippen LogP contribution in [-0.4, -0.2) is 23.1 Å². The smallest absolute Gasteiger partial charge is 0.195 e. The van der Waals surface area contributed by atoms with Crippen molar-refractivity contribution in [2.45, 2.75) is 11.8 Å². The van der Waals surface area contributed by atoms with E-state index in [-0.39, 0.29) is 11.2 Å². The average molecular weight is 269 g/mol. The molecule has 0 saturated heterocycles. The fourth-order valence-electron chi connectivity index (χ4n) is 2.47. The number of ketones is 1. The zero-order valence-corrected chi connectivity index (χ0v) is 11.6. The summed E-state index contributed by atoms with van der Waals surface area (Å²) in [5.41, 5.74) is 2.99. The third-order valence-electron chi connectivity index (χ3n) is 3.43. The maximum absolute atomic E-state index is 12.6. The standard InChI is InChI=1S/C16H15NOS/c1-11-7-6-10-13-14(11)17(2)16(19-13)15(18)12-8-4-3-5-9-12/h3-6,8-10,16H,1,7H2,2H3. The Kier molecular flexibility index (Phi) is 3.07. The Morgan fingerprint density at radius 3 is 2.79 bits per heavy atom. The minimum atomic E-state index is -0.174. The summed E-state index contributed by atoms with van der Waals surface area (Å²) in [6.45, 7) is 4.10. The van der Waals surface area contributed by atoms with Crippen molar-refractivity contribution in [2.24, 2.45) is 0 Å². The predicted octanol–water partition coefficient (Wildman–Crippen LogP) is 3.60. The summed E-state index contributed by atoms with van der Waals surface area (Å²) in [5, 5.41) is -0.174. The molecule has 0 bridgehead atoms. The van der Waals surface area contributed by atoms with Crippen molar-refractivity contribution in [3.63, 3.8) is 0 Å². The van der Waals surface area contributed by atoms with Crippen LogP contribution < -0.4 is 0 Å². The van der Waals surface area contributed by atoms with Gasteiger partial charge in [-0.05, 0) is 12.0 Å². The number of likely N-dealkylation sites (N-methyl/N-ethyl adjacent to an activating group) is 1. The molecule has 2 nitrogen and oxygen atoms in total. The second-order valence-corrected chi connectivity index (χ2v) is 5.86. The molecule has 0 fully saturated rings. The highest BCUT2D eigenvalue weighted by Crippen LogP contribution is 2.44. The first-order chi connectivity index (χ1) is 9.18. The Morgan fingerprint density at radius 1 is 1.37 bits per heavy atom. The highest BCUT2D eigenvalue weighted by Gasteiger charge is 2.36. The van der Waals surface area contributed by atoms with Gasteiger partial charge in [0.1, 0.15) is 5.37 Å². The molecule has 0 radical (unpaired) electrons. The van der Waals surface area contributed by atoms with Gasteiger partial charge in [0, 0.05) is 17.5 Å². The van der Waals surface area contributed by atoms with Gasteiger partial charge in [0.15, 0.2) is 5.78 Å². The van der Waals surface area contributed by atoms with Crippen LogP contribution >= 0.6 is 11.8 Å². The van der Waals surface area contributed by atoms with E-state index in [1.54, 1.807) is 11.8 Å². The molecule has 1 aromatic rings. The zero-order chi connectivity index (χ0) is 13.4. The lowest BCUT2D eigenvalue weighted by atomic mass is 10.0. The van der Waals surface area contributed by atoms with Crippen LogP contribution in [0.2, 0.25) is 0 Å². The van der Waals surface area contributed by atoms with E-state index in [2.05, 4.69) is 23.6 Å². The second kappa shape index (κ2) is 4.74. The molecule has 2 aliphatic rings. The highest BCUT2D eigenvalue weighted by molar-refractivity contribution is 8.04. The van der Waals surface area contributed by atoms with Gasteiger partial charge in [0.05, 0.1) is 5.70 Å². The molecule has 0 saturated carbocycles. The summed E-state index contributed by atoms with van der Waals surface area (Å²) >= 11 is 1.62. The normalized spacial score (nSPS) is 21.8. The molecule has 3 heteroatoms. The topological polar surface area (TPSA) is 20.3 Å². The molecule has 1 aromatic carbocycles. The molecule has 1 unspecified atom stereocenters. The van der Waals surface area contributed by atoms with Gasteiger partial charge < -0.3 is 4.90 Å². The van der Waals surface area contributed by atoms with E-state index < -0.39 is 0 Å². The molecular weight excluding hydrogens is 254 g/mol. The number of nitrogens with zero attached hydrogens (tertiary/aromatic N) is 1. The summed E-state index contributed by atoms with van der Waals surface area (Å²) in [6, 6.07) is 9.48. The van der Waals surface area contributed by atoms with E-state index in [0.717, 1.165) is 28.2 Å². The van der Waals surface area contributed by atoms with Gasteiger partial charge in [0.2, 0.25) is 0 Å². The number of benzene rings is 1. The quantitative estimate of drug-likeness (QED) is 0.765. The Balaban J connectivity index is 1.89. The first kappa shape index (κ1) is 12.3. The number of Topliss-reactive ketones (excluding diaryl/α,β-unsaturated/α-hetero) is 1.